The molecule has 0 heterocycles. The van der Waals surface area contributed by atoms with Gasteiger partial charge in [0.2, 0.25) is 0 Å². The molecule has 0 nitrogen and oxygen atoms in total. The van der Waals surface area contributed by atoms with Gasteiger partial charge in [0.25, 0.3) is 0 Å². The molecule has 15 heavy (non-hydrogen) atoms. The number of rotatable bonds is 1. The van der Waals surface area contributed by atoms with E-state index in [9.17, 15) is 0 Å². The van der Waals surface area contributed by atoms with Gasteiger partial charge < -0.3 is 0 Å². The van der Waals surface area contributed by atoms with E-state index in [-0.39, 0.29) is 0 Å². The molecule has 1 aromatic rings. The zero-order valence-electron chi connectivity index (χ0n) is 9.90. The summed E-state index contributed by atoms with van der Waals surface area (Å²) in [6, 6.07) is 10.5. The minimum absolute atomic E-state index is 0.701. The second-order valence-corrected chi connectivity index (χ2v) is 3.60. The molecule has 80 valence electrons. The van der Waals surface area contributed by atoms with Crippen LogP contribution >= 0.6 is 0 Å². The van der Waals surface area contributed by atoms with Crippen LogP contribution in [0.4, 0.5) is 0 Å². The Balaban J connectivity index is 0.000000531. The SMILES string of the molecule is CC.CC1C=CC(c2ccccc2)=CC1. The molecule has 1 unspecified atom stereocenters. The molecule has 0 radical (unpaired) electrons. The van der Waals surface area contributed by atoms with E-state index >= 15 is 0 Å². The predicted octanol–water partition coefficient (Wildman–Crippen LogP) is 4.69. The maximum Gasteiger partial charge on any atom is -0.0187 e. The van der Waals surface area contributed by atoms with E-state index in [1.165, 1.54) is 17.6 Å². The Morgan fingerprint density at radius 1 is 1.07 bits per heavy atom. The molecule has 1 aliphatic rings. The Morgan fingerprint density at radius 2 is 1.73 bits per heavy atom. The lowest BCUT2D eigenvalue weighted by molar-refractivity contribution is 0.739. The van der Waals surface area contributed by atoms with Crippen molar-refractivity contribution in [1.29, 1.82) is 0 Å². The topological polar surface area (TPSA) is 0 Å². The standard InChI is InChI=1S/C13H14.C2H6/c1-11-7-9-13(10-8-11)12-5-3-2-4-6-12;1-2/h2-7,9-11H,8H2,1H3;1-2H3. The Hall–Kier alpha value is -1.30. The van der Waals surface area contributed by atoms with E-state index in [1.54, 1.807) is 0 Å². The third-order valence-corrected chi connectivity index (χ3v) is 2.42. The lowest BCUT2D eigenvalue weighted by atomic mass is 9.94. The van der Waals surface area contributed by atoms with E-state index in [0.717, 1.165) is 0 Å². The highest BCUT2D eigenvalue weighted by molar-refractivity contribution is 5.74. The fraction of sp³-hybridized carbons (Fsp3) is 0.333. The highest BCUT2D eigenvalue weighted by Gasteiger charge is 2.04. The van der Waals surface area contributed by atoms with Gasteiger partial charge in [-0.15, -0.1) is 0 Å². The van der Waals surface area contributed by atoms with Crippen LogP contribution in [-0.4, -0.2) is 0 Å². The van der Waals surface area contributed by atoms with Crippen molar-refractivity contribution in [3.63, 3.8) is 0 Å². The first-order valence-electron chi connectivity index (χ1n) is 5.80. The van der Waals surface area contributed by atoms with Gasteiger partial charge >= 0.3 is 0 Å². The van der Waals surface area contributed by atoms with Crippen molar-refractivity contribution in [2.45, 2.75) is 27.2 Å². The van der Waals surface area contributed by atoms with Gasteiger partial charge in [-0.1, -0.05) is 69.3 Å². The smallest absolute Gasteiger partial charge is 0.0187 e. The molecule has 0 saturated heterocycles. The van der Waals surface area contributed by atoms with Crippen LogP contribution in [0.25, 0.3) is 5.57 Å². The normalized spacial score (nSPS) is 18.9. The van der Waals surface area contributed by atoms with E-state index in [1.807, 2.05) is 13.8 Å². The Labute approximate surface area is 93.3 Å². The Bertz CT molecular complexity index is 330. The highest BCUT2D eigenvalue weighted by atomic mass is 14.1. The molecule has 0 aromatic heterocycles. The van der Waals surface area contributed by atoms with Gasteiger partial charge in [-0.25, -0.2) is 0 Å². The fourth-order valence-electron chi connectivity index (χ4n) is 1.57. The van der Waals surface area contributed by atoms with Crippen LogP contribution in [0.2, 0.25) is 0 Å². The Morgan fingerprint density at radius 3 is 2.27 bits per heavy atom. The zero-order valence-corrected chi connectivity index (χ0v) is 9.90. The summed E-state index contributed by atoms with van der Waals surface area (Å²) < 4.78 is 0. The number of hydrogen-bond acceptors (Lipinski definition) is 0. The first-order chi connectivity index (χ1) is 7.36. The summed E-state index contributed by atoms with van der Waals surface area (Å²) in [6.45, 7) is 6.24. The third kappa shape index (κ3) is 3.39. The molecule has 0 spiro atoms. The maximum atomic E-state index is 2.32. The van der Waals surface area contributed by atoms with Crippen LogP contribution in [-0.2, 0) is 0 Å². The molecule has 0 N–H and O–H groups in total. The minimum Gasteiger partial charge on any atom is -0.0808 e. The molecule has 1 aliphatic carbocycles. The second kappa shape index (κ2) is 6.23. The molecule has 0 amide bonds. The highest BCUT2D eigenvalue weighted by Crippen LogP contribution is 2.23. The number of hydrogen-bond donors (Lipinski definition) is 0. The van der Waals surface area contributed by atoms with Crippen molar-refractivity contribution >= 4 is 5.57 Å². The van der Waals surface area contributed by atoms with Crippen molar-refractivity contribution < 1.29 is 0 Å². The summed E-state index contributed by atoms with van der Waals surface area (Å²) >= 11 is 0. The van der Waals surface area contributed by atoms with Crippen LogP contribution in [0.1, 0.15) is 32.8 Å². The van der Waals surface area contributed by atoms with Crippen molar-refractivity contribution in [3.8, 4) is 0 Å². The van der Waals surface area contributed by atoms with Crippen LogP contribution in [0.5, 0.6) is 0 Å². The first kappa shape index (κ1) is 11.8. The van der Waals surface area contributed by atoms with Crippen molar-refractivity contribution in [2.75, 3.05) is 0 Å². The summed E-state index contributed by atoms with van der Waals surface area (Å²) in [7, 11) is 0. The van der Waals surface area contributed by atoms with E-state index < -0.39 is 0 Å². The van der Waals surface area contributed by atoms with E-state index in [0.29, 0.717) is 5.92 Å². The lowest BCUT2D eigenvalue weighted by Crippen LogP contribution is -1.93. The van der Waals surface area contributed by atoms with Crippen LogP contribution in [0.3, 0.4) is 0 Å². The maximum absolute atomic E-state index is 2.32. The van der Waals surface area contributed by atoms with Crippen LogP contribution < -0.4 is 0 Å². The van der Waals surface area contributed by atoms with Gasteiger partial charge in [0.15, 0.2) is 0 Å². The van der Waals surface area contributed by atoms with E-state index in [4.69, 9.17) is 0 Å². The van der Waals surface area contributed by atoms with Gasteiger partial charge in [-0.3, -0.25) is 0 Å². The summed E-state index contributed by atoms with van der Waals surface area (Å²) in [5.74, 6) is 0.701. The van der Waals surface area contributed by atoms with Crippen LogP contribution in [0, 0.1) is 5.92 Å². The third-order valence-electron chi connectivity index (χ3n) is 2.42. The molecule has 2 rings (SSSR count). The molecule has 0 saturated carbocycles. The molecule has 0 aliphatic heterocycles. The molecule has 1 atom stereocenters. The zero-order chi connectivity index (χ0) is 11.1. The van der Waals surface area contributed by atoms with Crippen molar-refractivity contribution in [1.82, 2.24) is 0 Å². The number of allylic oxidation sites excluding steroid dienone is 4. The average Bonchev–Trinajstić information content (AvgIpc) is 2.34. The summed E-state index contributed by atoms with van der Waals surface area (Å²) in [4.78, 5) is 0. The molecule has 1 aromatic carbocycles. The summed E-state index contributed by atoms with van der Waals surface area (Å²) in [6.07, 6.45) is 7.99. The predicted molar refractivity (Wildman–Crippen MR) is 68.7 cm³/mol. The fourth-order valence-corrected chi connectivity index (χ4v) is 1.57. The molecule has 0 fully saturated rings. The monoisotopic (exact) mass is 200 g/mol. The minimum atomic E-state index is 0.701. The van der Waals surface area contributed by atoms with Gasteiger partial charge in [0, 0.05) is 0 Å². The lowest BCUT2D eigenvalue weighted by Gasteiger charge is -2.11. The molecular weight excluding hydrogens is 180 g/mol. The van der Waals surface area contributed by atoms with Gasteiger partial charge in [0.05, 0.1) is 0 Å². The molecule has 0 heteroatoms. The molecular formula is C15H20. The van der Waals surface area contributed by atoms with Crippen molar-refractivity contribution in [3.05, 3.63) is 54.1 Å². The van der Waals surface area contributed by atoms with E-state index in [2.05, 4.69) is 55.5 Å². The quantitative estimate of drug-likeness (QED) is 0.617. The van der Waals surface area contributed by atoms with Gasteiger partial charge in [-0.2, -0.15) is 0 Å². The largest absolute Gasteiger partial charge is 0.0808 e. The van der Waals surface area contributed by atoms with Crippen molar-refractivity contribution in [2.24, 2.45) is 5.92 Å². The molecule has 0 bridgehead atoms. The average molecular weight is 200 g/mol. The summed E-state index contributed by atoms with van der Waals surface area (Å²) in [5, 5.41) is 0. The Kier molecular flexibility index (Phi) is 4.89. The first-order valence-corrected chi connectivity index (χ1v) is 5.80. The number of benzene rings is 1. The van der Waals surface area contributed by atoms with Gasteiger partial charge in [-0.05, 0) is 23.5 Å². The summed E-state index contributed by atoms with van der Waals surface area (Å²) in [5.41, 5.74) is 2.68. The second-order valence-electron chi connectivity index (χ2n) is 3.60. The van der Waals surface area contributed by atoms with Gasteiger partial charge in [0.1, 0.15) is 0 Å². The van der Waals surface area contributed by atoms with Crippen LogP contribution in [0.15, 0.2) is 48.6 Å².